The van der Waals surface area contributed by atoms with Crippen LogP contribution in [0.15, 0.2) is 30.3 Å². The number of piperidine rings is 1. The van der Waals surface area contributed by atoms with Gasteiger partial charge in [0.15, 0.2) is 0 Å². The van der Waals surface area contributed by atoms with Gasteiger partial charge in [0.25, 0.3) is 0 Å². The zero-order valence-corrected chi connectivity index (χ0v) is 24.4. The number of carbonyl (C=O) groups is 1. The van der Waals surface area contributed by atoms with Gasteiger partial charge in [0, 0.05) is 69.6 Å². The Bertz CT molecular complexity index is 1200. The number of esters is 1. The van der Waals surface area contributed by atoms with Crippen molar-refractivity contribution >= 4 is 5.97 Å². The molecule has 6 fully saturated rings. The van der Waals surface area contributed by atoms with E-state index >= 15 is 0 Å². The van der Waals surface area contributed by atoms with Crippen molar-refractivity contribution in [1.29, 1.82) is 0 Å². The summed E-state index contributed by atoms with van der Waals surface area (Å²) in [6.45, 7) is 1.29. The van der Waals surface area contributed by atoms with Gasteiger partial charge < -0.3 is 43.9 Å². The summed E-state index contributed by atoms with van der Waals surface area (Å²) in [6.07, 6.45) is -2.45. The smallest absolute Gasteiger partial charge is 0.338 e. The molecule has 1 saturated heterocycles. The normalized spacial score (nSPS) is 52.9. The highest BCUT2D eigenvalue weighted by atomic mass is 16.6. The van der Waals surface area contributed by atoms with E-state index in [4.69, 9.17) is 23.7 Å². The monoisotopic (exact) mass is 573 g/mol. The predicted molar refractivity (Wildman–Crippen MR) is 145 cm³/mol. The van der Waals surface area contributed by atoms with Gasteiger partial charge in [0.1, 0.15) is 29.5 Å². The highest BCUT2D eigenvalue weighted by Gasteiger charge is 2.90. The van der Waals surface area contributed by atoms with Crippen molar-refractivity contribution in [1.82, 2.24) is 4.90 Å². The molecule has 10 heteroatoms. The standard InChI is InChI=1S/C31H43NO9/c1-32-14-28(15-37-2)12-11-18(38-3)30-17-13-29(35)25(41-27(34)16-9-7-6-8-10-16)19(17)31(36,24(33)26(29)40-5)20(23(30)32)21(39-4)22(28)30/h6-10,17-26,33,35-36H,11-15H2,1-5H3/t17-,18-,19+,20-,21-,22+,23-,24-,25+,26-,28-,29-,30+,31+/m0/s1. The van der Waals surface area contributed by atoms with Gasteiger partial charge >= 0.3 is 5.97 Å². The molecule has 0 unspecified atom stereocenters. The van der Waals surface area contributed by atoms with E-state index in [0.717, 1.165) is 19.4 Å². The van der Waals surface area contributed by atoms with Gasteiger partial charge in [0.05, 0.1) is 24.4 Å². The highest BCUT2D eigenvalue weighted by molar-refractivity contribution is 5.89. The number of ether oxygens (including phenoxy) is 5. The zero-order valence-electron chi connectivity index (χ0n) is 24.4. The lowest BCUT2D eigenvalue weighted by Gasteiger charge is -2.69. The molecule has 0 aromatic heterocycles. The van der Waals surface area contributed by atoms with Crippen LogP contribution in [-0.2, 0) is 23.7 Å². The van der Waals surface area contributed by atoms with Crippen LogP contribution < -0.4 is 0 Å². The number of fused-ring (bicyclic) bond motifs is 2. The Morgan fingerprint density at radius 2 is 1.76 bits per heavy atom. The first-order valence-electron chi connectivity index (χ1n) is 14.8. The largest absolute Gasteiger partial charge is 0.455 e. The molecule has 7 bridgehead atoms. The van der Waals surface area contributed by atoms with Crippen LogP contribution in [0.5, 0.6) is 0 Å². The van der Waals surface area contributed by atoms with Gasteiger partial charge in [-0.15, -0.1) is 0 Å². The SMILES string of the molecule is COC[C@@]12CC[C@H](OC)[C@@]34[C@H]([C@H]([C@H](OC)[C@H]13)[C@]1(O)[C@H]3[C@@H](OC(=O)c5ccccc5)[C@@](O)(C[C@@H]34)[C@@H](OC)[C@@H]1O)N(C)C2. The van der Waals surface area contributed by atoms with Crippen molar-refractivity contribution in [3.63, 3.8) is 0 Å². The Hall–Kier alpha value is -1.63. The minimum Gasteiger partial charge on any atom is -0.455 e. The lowest BCUT2D eigenvalue weighted by atomic mass is 9.43. The Kier molecular flexibility index (Phi) is 6.31. The summed E-state index contributed by atoms with van der Waals surface area (Å²) >= 11 is 0. The fourth-order valence-corrected chi connectivity index (χ4v) is 11.8. The third-order valence-corrected chi connectivity index (χ3v) is 12.5. The van der Waals surface area contributed by atoms with Gasteiger partial charge in [-0.2, -0.15) is 0 Å². The second-order valence-corrected chi connectivity index (χ2v) is 13.6. The Labute approximate surface area is 240 Å². The number of likely N-dealkylation sites (tertiary alicyclic amines) is 1. The van der Waals surface area contributed by atoms with Crippen LogP contribution in [0.3, 0.4) is 0 Å². The topological polar surface area (TPSA) is 127 Å². The average Bonchev–Trinajstić information content (AvgIpc) is 3.36. The lowest BCUT2D eigenvalue weighted by molar-refractivity contribution is -0.313. The van der Waals surface area contributed by atoms with Crippen molar-refractivity contribution in [3.05, 3.63) is 35.9 Å². The first kappa shape index (κ1) is 28.2. The summed E-state index contributed by atoms with van der Waals surface area (Å²) in [5.41, 5.74) is -3.95. The average molecular weight is 574 g/mol. The Morgan fingerprint density at radius 3 is 2.39 bits per heavy atom. The number of carbonyl (C=O) groups excluding carboxylic acids is 1. The van der Waals surface area contributed by atoms with Crippen LogP contribution in [0.1, 0.15) is 29.6 Å². The van der Waals surface area contributed by atoms with Gasteiger partial charge in [0.2, 0.25) is 0 Å². The first-order chi connectivity index (χ1) is 19.6. The van der Waals surface area contributed by atoms with Crippen LogP contribution in [0.25, 0.3) is 0 Å². The van der Waals surface area contributed by atoms with Crippen LogP contribution >= 0.6 is 0 Å². The summed E-state index contributed by atoms with van der Waals surface area (Å²) in [6, 6.07) is 8.46. The molecule has 1 heterocycles. The second-order valence-electron chi connectivity index (χ2n) is 13.6. The number of methoxy groups -OCH3 is 4. The maximum atomic E-state index is 13.5. The molecule has 5 aliphatic carbocycles. The molecule has 0 amide bonds. The Morgan fingerprint density at radius 1 is 1.02 bits per heavy atom. The number of hydrogen-bond acceptors (Lipinski definition) is 10. The number of aliphatic hydroxyl groups is 3. The van der Waals surface area contributed by atoms with E-state index in [0.29, 0.717) is 12.2 Å². The van der Waals surface area contributed by atoms with Crippen LogP contribution in [0, 0.1) is 34.5 Å². The molecule has 14 atom stereocenters. The van der Waals surface area contributed by atoms with E-state index in [1.54, 1.807) is 45.6 Å². The number of aliphatic hydroxyl groups excluding tert-OH is 1. The van der Waals surface area contributed by atoms with Crippen LogP contribution in [0.4, 0.5) is 0 Å². The molecule has 0 radical (unpaired) electrons. The van der Waals surface area contributed by atoms with Crippen LogP contribution in [-0.4, -0.2) is 123 Å². The van der Waals surface area contributed by atoms with E-state index in [9.17, 15) is 20.1 Å². The second kappa shape index (κ2) is 9.19. The molecular weight excluding hydrogens is 530 g/mol. The molecule has 1 spiro atoms. The summed E-state index contributed by atoms with van der Waals surface area (Å²) in [4.78, 5) is 15.8. The summed E-state index contributed by atoms with van der Waals surface area (Å²) in [5, 5.41) is 37.6. The van der Waals surface area contributed by atoms with Gasteiger partial charge in [-0.3, -0.25) is 0 Å². The van der Waals surface area contributed by atoms with E-state index < -0.39 is 58.8 Å². The van der Waals surface area contributed by atoms with Crippen molar-refractivity contribution in [2.45, 2.75) is 67.0 Å². The Balaban J connectivity index is 1.46. The number of hydrogen-bond donors (Lipinski definition) is 3. The van der Waals surface area contributed by atoms with Crippen molar-refractivity contribution in [2.75, 3.05) is 48.6 Å². The molecule has 41 heavy (non-hydrogen) atoms. The molecule has 1 aromatic carbocycles. The molecule has 1 aliphatic heterocycles. The number of rotatable bonds is 7. The maximum absolute atomic E-state index is 13.5. The zero-order chi connectivity index (χ0) is 29.1. The van der Waals surface area contributed by atoms with E-state index in [-0.39, 0.29) is 35.8 Å². The summed E-state index contributed by atoms with van der Waals surface area (Å²) < 4.78 is 30.6. The summed E-state index contributed by atoms with van der Waals surface area (Å²) in [5.74, 6) is -2.30. The highest BCUT2D eigenvalue weighted by Crippen LogP contribution is 2.80. The fourth-order valence-electron chi connectivity index (χ4n) is 11.8. The minimum atomic E-state index is -1.76. The number of nitrogens with zero attached hydrogens (tertiary/aromatic N) is 1. The predicted octanol–water partition coefficient (Wildman–Crippen LogP) is 0.716. The van der Waals surface area contributed by atoms with Crippen molar-refractivity contribution in [3.8, 4) is 0 Å². The quantitative estimate of drug-likeness (QED) is 0.402. The summed E-state index contributed by atoms with van der Waals surface area (Å²) in [7, 11) is 8.65. The van der Waals surface area contributed by atoms with Crippen molar-refractivity contribution < 1.29 is 43.8 Å². The molecule has 5 saturated carbocycles. The van der Waals surface area contributed by atoms with Crippen molar-refractivity contribution in [2.24, 2.45) is 34.5 Å². The number of benzene rings is 1. The molecule has 6 aliphatic rings. The minimum absolute atomic E-state index is 0.0644. The molecular formula is C31H43NO9. The molecule has 1 aromatic rings. The third-order valence-electron chi connectivity index (χ3n) is 12.5. The van der Waals surface area contributed by atoms with Gasteiger partial charge in [-0.05, 0) is 44.4 Å². The third kappa shape index (κ3) is 3.08. The maximum Gasteiger partial charge on any atom is 0.338 e. The van der Waals surface area contributed by atoms with E-state index in [2.05, 4.69) is 11.9 Å². The van der Waals surface area contributed by atoms with E-state index in [1.807, 2.05) is 6.07 Å². The molecule has 7 rings (SSSR count). The fraction of sp³-hybridized carbons (Fsp3) is 0.774. The first-order valence-corrected chi connectivity index (χ1v) is 14.8. The van der Waals surface area contributed by atoms with E-state index in [1.165, 1.54) is 7.11 Å². The van der Waals surface area contributed by atoms with Crippen LogP contribution in [0.2, 0.25) is 0 Å². The lowest BCUT2D eigenvalue weighted by Crippen LogP contribution is -2.79. The molecule has 10 nitrogen and oxygen atoms in total. The van der Waals surface area contributed by atoms with Gasteiger partial charge in [-0.25, -0.2) is 4.79 Å². The molecule has 226 valence electrons. The molecule has 3 N–H and O–H groups in total. The van der Waals surface area contributed by atoms with Gasteiger partial charge in [-0.1, -0.05) is 18.2 Å².